The van der Waals surface area contributed by atoms with Gasteiger partial charge in [-0.25, -0.2) is 9.97 Å². The lowest BCUT2D eigenvalue weighted by Crippen LogP contribution is -2.17. The average Bonchev–Trinajstić information content (AvgIpc) is 3.13. The van der Waals surface area contributed by atoms with Crippen molar-refractivity contribution in [3.05, 3.63) is 18.4 Å². The zero-order chi connectivity index (χ0) is 14.8. The Labute approximate surface area is 115 Å². The van der Waals surface area contributed by atoms with E-state index in [1.807, 2.05) is 0 Å². The SMILES string of the molecule is NC=C(CC1(OCP(=O)(O)O)CC1)c1ncnc(N)n1. The second-order valence-electron chi connectivity index (χ2n) is 4.66. The van der Waals surface area contributed by atoms with Crippen LogP contribution in [0, 0.1) is 0 Å². The molecule has 0 aliphatic heterocycles. The van der Waals surface area contributed by atoms with E-state index in [1.54, 1.807) is 0 Å². The van der Waals surface area contributed by atoms with Crippen molar-refractivity contribution in [1.82, 2.24) is 15.0 Å². The summed E-state index contributed by atoms with van der Waals surface area (Å²) in [6.07, 6.45) is 3.78. The molecule has 1 aromatic rings. The predicted octanol–water partition coefficient (Wildman–Crippen LogP) is -0.172. The zero-order valence-electron chi connectivity index (χ0n) is 10.6. The molecule has 1 heterocycles. The molecule has 110 valence electrons. The highest BCUT2D eigenvalue weighted by Crippen LogP contribution is 2.49. The third-order valence-electron chi connectivity index (χ3n) is 2.94. The van der Waals surface area contributed by atoms with Crippen molar-refractivity contribution in [1.29, 1.82) is 0 Å². The largest absolute Gasteiger partial charge is 0.404 e. The molecule has 6 N–H and O–H groups in total. The van der Waals surface area contributed by atoms with Crippen LogP contribution in [0.25, 0.3) is 5.57 Å². The van der Waals surface area contributed by atoms with E-state index in [-0.39, 0.29) is 5.95 Å². The summed E-state index contributed by atoms with van der Waals surface area (Å²) in [7, 11) is -4.19. The summed E-state index contributed by atoms with van der Waals surface area (Å²) < 4.78 is 16.2. The van der Waals surface area contributed by atoms with Crippen LogP contribution in [0.2, 0.25) is 0 Å². The third kappa shape index (κ3) is 3.97. The van der Waals surface area contributed by atoms with Gasteiger partial charge in [-0.3, -0.25) is 4.57 Å². The lowest BCUT2D eigenvalue weighted by atomic mass is 10.1. The Morgan fingerprint density at radius 1 is 1.50 bits per heavy atom. The first kappa shape index (κ1) is 14.9. The van der Waals surface area contributed by atoms with Crippen molar-refractivity contribution in [3.8, 4) is 0 Å². The second-order valence-corrected chi connectivity index (χ2v) is 6.24. The molecule has 0 spiro atoms. The second kappa shape index (κ2) is 5.45. The van der Waals surface area contributed by atoms with Gasteiger partial charge in [0, 0.05) is 18.2 Å². The van der Waals surface area contributed by atoms with Gasteiger partial charge in [-0.2, -0.15) is 4.98 Å². The number of nitrogens with zero attached hydrogens (tertiary/aromatic N) is 3. The van der Waals surface area contributed by atoms with Crippen LogP contribution in [0.15, 0.2) is 12.5 Å². The molecule has 1 aromatic heterocycles. The number of nitrogens with two attached hydrogens (primary N) is 2. The summed E-state index contributed by atoms with van der Waals surface area (Å²) in [6, 6.07) is 0. The number of hydrogen-bond acceptors (Lipinski definition) is 7. The fourth-order valence-corrected chi connectivity index (χ4v) is 2.20. The summed E-state index contributed by atoms with van der Waals surface area (Å²) in [5, 5.41) is 0. The van der Waals surface area contributed by atoms with Crippen LogP contribution in [0.5, 0.6) is 0 Å². The summed E-state index contributed by atoms with van der Waals surface area (Å²) in [5.41, 5.74) is 11.0. The van der Waals surface area contributed by atoms with Crippen molar-refractivity contribution < 1.29 is 19.1 Å². The molecule has 1 aliphatic carbocycles. The lowest BCUT2D eigenvalue weighted by Gasteiger charge is -2.18. The van der Waals surface area contributed by atoms with E-state index in [4.69, 9.17) is 26.0 Å². The van der Waals surface area contributed by atoms with Gasteiger partial charge < -0.3 is 26.0 Å². The van der Waals surface area contributed by atoms with E-state index >= 15 is 0 Å². The Bertz CT molecular complexity index is 569. The minimum absolute atomic E-state index is 0.0790. The average molecular weight is 301 g/mol. The van der Waals surface area contributed by atoms with Gasteiger partial charge in [-0.05, 0) is 12.8 Å². The van der Waals surface area contributed by atoms with Crippen LogP contribution in [0.1, 0.15) is 25.1 Å². The molecule has 0 bridgehead atoms. The molecule has 1 saturated carbocycles. The summed E-state index contributed by atoms with van der Waals surface area (Å²) >= 11 is 0. The first-order valence-corrected chi connectivity index (χ1v) is 7.67. The van der Waals surface area contributed by atoms with Crippen LogP contribution in [-0.2, 0) is 9.30 Å². The number of anilines is 1. The highest BCUT2D eigenvalue weighted by molar-refractivity contribution is 7.51. The van der Waals surface area contributed by atoms with E-state index in [0.717, 1.165) is 0 Å². The quantitative estimate of drug-likeness (QED) is 0.523. The van der Waals surface area contributed by atoms with Crippen LogP contribution in [-0.4, -0.2) is 36.7 Å². The van der Waals surface area contributed by atoms with Crippen LogP contribution in [0.3, 0.4) is 0 Å². The van der Waals surface area contributed by atoms with E-state index in [0.29, 0.717) is 30.7 Å². The monoisotopic (exact) mass is 301 g/mol. The molecule has 1 aliphatic rings. The minimum Gasteiger partial charge on any atom is -0.404 e. The summed E-state index contributed by atoms with van der Waals surface area (Å²) in [5.74, 6) is 0.418. The predicted molar refractivity (Wildman–Crippen MR) is 71.0 cm³/mol. The van der Waals surface area contributed by atoms with E-state index in [9.17, 15) is 4.57 Å². The highest BCUT2D eigenvalue weighted by Gasteiger charge is 2.46. The Morgan fingerprint density at radius 3 is 2.70 bits per heavy atom. The molecule has 1 fully saturated rings. The van der Waals surface area contributed by atoms with Crippen molar-refractivity contribution in [3.63, 3.8) is 0 Å². The van der Waals surface area contributed by atoms with E-state index in [1.165, 1.54) is 12.5 Å². The normalized spacial score (nSPS) is 18.0. The smallest absolute Gasteiger partial charge is 0.351 e. The standard InChI is InChI=1S/C10H16N5O4P/c11-4-7(8-13-5-14-9(12)15-8)3-10(1-2-10)19-6-20(16,17)18/h4-5H,1-3,6,11H2,(H2,16,17,18)(H2,12,13,14,15). The Morgan fingerprint density at radius 2 is 2.20 bits per heavy atom. The molecule has 0 amide bonds. The van der Waals surface area contributed by atoms with Crippen LogP contribution < -0.4 is 11.5 Å². The number of hydrogen-bond donors (Lipinski definition) is 4. The summed E-state index contributed by atoms with van der Waals surface area (Å²) in [4.78, 5) is 29.3. The number of rotatable bonds is 6. The molecule has 0 radical (unpaired) electrons. The Kier molecular flexibility index (Phi) is 4.05. The van der Waals surface area contributed by atoms with E-state index < -0.39 is 19.5 Å². The molecule has 0 aromatic carbocycles. The molecule has 10 heteroatoms. The molecule has 0 unspecified atom stereocenters. The van der Waals surface area contributed by atoms with Gasteiger partial charge in [0.2, 0.25) is 5.95 Å². The number of nitrogen functional groups attached to an aromatic ring is 1. The van der Waals surface area contributed by atoms with Gasteiger partial charge >= 0.3 is 7.60 Å². The van der Waals surface area contributed by atoms with Crippen molar-refractivity contribution in [2.45, 2.75) is 24.9 Å². The maximum atomic E-state index is 10.9. The first-order chi connectivity index (χ1) is 9.34. The van der Waals surface area contributed by atoms with Gasteiger partial charge in [-0.1, -0.05) is 0 Å². The molecular weight excluding hydrogens is 285 g/mol. The molecule has 0 atom stereocenters. The van der Waals surface area contributed by atoms with Crippen LogP contribution in [0.4, 0.5) is 5.95 Å². The Balaban J connectivity index is 2.06. The number of ether oxygens (including phenoxy) is 1. The highest BCUT2D eigenvalue weighted by atomic mass is 31.2. The summed E-state index contributed by atoms with van der Waals surface area (Å²) in [6.45, 7) is 0. The van der Waals surface area contributed by atoms with Crippen molar-refractivity contribution in [2.75, 3.05) is 12.1 Å². The zero-order valence-corrected chi connectivity index (χ0v) is 11.5. The molecular formula is C10H16N5O4P. The lowest BCUT2D eigenvalue weighted by molar-refractivity contribution is 0.0581. The maximum Gasteiger partial charge on any atom is 0.351 e. The van der Waals surface area contributed by atoms with Crippen molar-refractivity contribution >= 4 is 19.1 Å². The number of aromatic nitrogens is 3. The fourth-order valence-electron chi connectivity index (χ4n) is 1.76. The maximum absolute atomic E-state index is 10.9. The molecule has 9 nitrogen and oxygen atoms in total. The molecule has 20 heavy (non-hydrogen) atoms. The van der Waals surface area contributed by atoms with Crippen molar-refractivity contribution in [2.24, 2.45) is 5.73 Å². The minimum atomic E-state index is -4.19. The Hall–Kier alpha value is -1.54. The van der Waals surface area contributed by atoms with Gasteiger partial charge in [-0.15, -0.1) is 0 Å². The molecule has 2 rings (SSSR count). The van der Waals surface area contributed by atoms with Gasteiger partial charge in [0.05, 0.1) is 5.60 Å². The van der Waals surface area contributed by atoms with Gasteiger partial charge in [0.25, 0.3) is 0 Å². The topological polar surface area (TPSA) is 157 Å². The fraction of sp³-hybridized carbons (Fsp3) is 0.500. The molecule has 0 saturated heterocycles. The van der Waals surface area contributed by atoms with E-state index in [2.05, 4.69) is 15.0 Å². The van der Waals surface area contributed by atoms with Gasteiger partial charge in [0.1, 0.15) is 12.7 Å². The van der Waals surface area contributed by atoms with Crippen LogP contribution >= 0.6 is 7.60 Å². The third-order valence-corrected chi connectivity index (χ3v) is 3.40. The van der Waals surface area contributed by atoms with Gasteiger partial charge in [0.15, 0.2) is 5.82 Å². The first-order valence-electron chi connectivity index (χ1n) is 5.88.